The number of ether oxygens (including phenoxy) is 1. The van der Waals surface area contributed by atoms with Crippen LogP contribution in [0.25, 0.3) is 0 Å². The van der Waals surface area contributed by atoms with Crippen LogP contribution in [0, 0.1) is 6.92 Å². The molecule has 2 aromatic carbocycles. The van der Waals surface area contributed by atoms with Crippen molar-refractivity contribution in [3.63, 3.8) is 0 Å². The van der Waals surface area contributed by atoms with Crippen molar-refractivity contribution in [1.82, 2.24) is 0 Å². The van der Waals surface area contributed by atoms with Crippen LogP contribution in [0.15, 0.2) is 53.4 Å². The van der Waals surface area contributed by atoms with Crippen molar-refractivity contribution < 1.29 is 17.3 Å². The minimum atomic E-state index is -3.69. The lowest BCUT2D eigenvalue weighted by Crippen LogP contribution is -2.22. The molecule has 5 heteroatoms. The second-order valence-corrected chi connectivity index (χ2v) is 8.61. The van der Waals surface area contributed by atoms with Gasteiger partial charge in [-0.25, -0.2) is 0 Å². The summed E-state index contributed by atoms with van der Waals surface area (Å²) in [6, 6.07) is 15.7. The Morgan fingerprint density at radius 2 is 1.69 bits per heavy atom. The highest BCUT2D eigenvalue weighted by Crippen LogP contribution is 2.38. The summed E-state index contributed by atoms with van der Waals surface area (Å²) in [6.07, 6.45) is 3.97. The van der Waals surface area contributed by atoms with Crippen LogP contribution in [0.2, 0.25) is 0 Å². The molecule has 26 heavy (non-hydrogen) atoms. The van der Waals surface area contributed by atoms with Gasteiger partial charge in [-0.3, -0.25) is 4.18 Å². The highest BCUT2D eigenvalue weighted by atomic mass is 32.2. The summed E-state index contributed by atoms with van der Waals surface area (Å²) in [5.74, 6) is 0.228. The van der Waals surface area contributed by atoms with Gasteiger partial charge >= 0.3 is 0 Å². The molecule has 0 amide bonds. The number of benzene rings is 2. The van der Waals surface area contributed by atoms with Crippen molar-refractivity contribution >= 4 is 10.1 Å². The van der Waals surface area contributed by atoms with Crippen LogP contribution in [0.5, 0.6) is 0 Å². The second kappa shape index (κ2) is 8.33. The Balaban J connectivity index is 1.66. The van der Waals surface area contributed by atoms with Crippen LogP contribution in [-0.4, -0.2) is 21.6 Å². The van der Waals surface area contributed by atoms with E-state index in [9.17, 15) is 8.42 Å². The van der Waals surface area contributed by atoms with Gasteiger partial charge in [0.05, 0.1) is 24.7 Å². The maximum absolute atomic E-state index is 12.3. The summed E-state index contributed by atoms with van der Waals surface area (Å²) in [7, 11) is -2.47. The van der Waals surface area contributed by atoms with E-state index in [-0.39, 0.29) is 12.0 Å². The smallest absolute Gasteiger partial charge is 0.296 e. The van der Waals surface area contributed by atoms with Gasteiger partial charge in [0.25, 0.3) is 10.1 Å². The molecule has 0 aliphatic heterocycles. The summed E-state index contributed by atoms with van der Waals surface area (Å²) >= 11 is 0. The monoisotopic (exact) mass is 374 g/mol. The van der Waals surface area contributed by atoms with E-state index in [4.69, 9.17) is 8.92 Å². The Bertz CT molecular complexity index is 822. The predicted octanol–water partition coefficient (Wildman–Crippen LogP) is 4.57. The molecule has 4 nitrogen and oxygen atoms in total. The van der Waals surface area contributed by atoms with E-state index < -0.39 is 10.1 Å². The Labute approximate surface area is 156 Å². The summed E-state index contributed by atoms with van der Waals surface area (Å²) < 4.78 is 35.3. The van der Waals surface area contributed by atoms with Gasteiger partial charge in [0.2, 0.25) is 0 Å². The molecule has 140 valence electrons. The Morgan fingerprint density at radius 3 is 2.35 bits per heavy atom. The van der Waals surface area contributed by atoms with Gasteiger partial charge in [0.15, 0.2) is 0 Å². The third-order valence-electron chi connectivity index (χ3n) is 5.10. The van der Waals surface area contributed by atoms with Gasteiger partial charge in [0, 0.05) is 0 Å². The van der Waals surface area contributed by atoms with E-state index in [2.05, 4.69) is 12.1 Å². The first-order chi connectivity index (χ1) is 12.5. The highest BCUT2D eigenvalue weighted by molar-refractivity contribution is 7.86. The number of aryl methyl sites for hydroxylation is 1. The van der Waals surface area contributed by atoms with Crippen molar-refractivity contribution in [2.45, 2.75) is 56.1 Å². The zero-order valence-corrected chi connectivity index (χ0v) is 16.2. The maximum Gasteiger partial charge on any atom is 0.296 e. The molecule has 0 aromatic heterocycles. The average molecular weight is 375 g/mol. The standard InChI is InChI=1S/C21H26O4S/c1-16-8-13-21(26(22,23)24-2)20(14-16)18-9-11-19(12-10-18)25-15-17-6-4-3-5-7-17/h3-8,13-14,18-19H,9-12,15H2,1-2H3. The molecule has 2 aromatic rings. The summed E-state index contributed by atoms with van der Waals surface area (Å²) in [5.41, 5.74) is 3.13. The van der Waals surface area contributed by atoms with Crippen molar-refractivity contribution in [3.05, 3.63) is 65.2 Å². The van der Waals surface area contributed by atoms with Crippen molar-refractivity contribution in [2.24, 2.45) is 0 Å². The first kappa shape index (κ1) is 19.1. The molecule has 0 spiro atoms. The lowest BCUT2D eigenvalue weighted by Gasteiger charge is -2.30. The molecule has 0 N–H and O–H groups in total. The summed E-state index contributed by atoms with van der Waals surface area (Å²) in [4.78, 5) is 0.305. The number of hydrogen-bond donors (Lipinski definition) is 0. The van der Waals surface area contributed by atoms with E-state index in [1.807, 2.05) is 37.3 Å². The predicted molar refractivity (Wildman–Crippen MR) is 102 cm³/mol. The van der Waals surface area contributed by atoms with Crippen LogP contribution in [-0.2, 0) is 25.6 Å². The third kappa shape index (κ3) is 4.53. The molecular formula is C21H26O4S. The van der Waals surface area contributed by atoms with Crippen molar-refractivity contribution in [3.8, 4) is 0 Å². The molecule has 0 atom stereocenters. The molecule has 3 rings (SSSR count). The molecule has 1 fully saturated rings. The molecule has 0 saturated heterocycles. The van der Waals surface area contributed by atoms with Crippen LogP contribution in [0.1, 0.15) is 48.3 Å². The van der Waals surface area contributed by atoms with Crippen molar-refractivity contribution in [2.75, 3.05) is 7.11 Å². The molecular weight excluding hydrogens is 348 g/mol. The SMILES string of the molecule is COS(=O)(=O)c1ccc(C)cc1C1CCC(OCc2ccccc2)CC1. The minimum Gasteiger partial charge on any atom is -0.374 e. The quantitative estimate of drug-likeness (QED) is 0.695. The van der Waals surface area contributed by atoms with Gasteiger partial charge in [-0.1, -0.05) is 48.0 Å². The van der Waals surface area contributed by atoms with Crippen LogP contribution >= 0.6 is 0 Å². The maximum atomic E-state index is 12.3. The summed E-state index contributed by atoms with van der Waals surface area (Å²) in [5, 5.41) is 0. The molecule has 1 saturated carbocycles. The number of rotatable bonds is 6. The third-order valence-corrected chi connectivity index (χ3v) is 6.45. The van der Waals surface area contributed by atoms with E-state index >= 15 is 0 Å². The van der Waals surface area contributed by atoms with Crippen LogP contribution in [0.4, 0.5) is 0 Å². The average Bonchev–Trinajstić information content (AvgIpc) is 2.67. The van der Waals surface area contributed by atoms with E-state index in [0.29, 0.717) is 11.5 Å². The Kier molecular flexibility index (Phi) is 6.12. The van der Waals surface area contributed by atoms with Gasteiger partial charge < -0.3 is 4.74 Å². The molecule has 1 aliphatic carbocycles. The fraction of sp³-hybridized carbons (Fsp3) is 0.429. The van der Waals surface area contributed by atoms with Gasteiger partial charge in [-0.15, -0.1) is 0 Å². The summed E-state index contributed by atoms with van der Waals surface area (Å²) in [6.45, 7) is 2.62. The minimum absolute atomic E-state index is 0.228. The second-order valence-electron chi connectivity index (χ2n) is 6.93. The highest BCUT2D eigenvalue weighted by Gasteiger charge is 2.28. The lowest BCUT2D eigenvalue weighted by atomic mass is 9.82. The van der Waals surface area contributed by atoms with E-state index in [0.717, 1.165) is 36.8 Å². The fourth-order valence-corrected chi connectivity index (χ4v) is 4.56. The Hall–Kier alpha value is -1.69. The van der Waals surface area contributed by atoms with E-state index in [1.54, 1.807) is 6.07 Å². The van der Waals surface area contributed by atoms with Crippen LogP contribution < -0.4 is 0 Å². The fourth-order valence-electron chi connectivity index (χ4n) is 3.63. The number of hydrogen-bond acceptors (Lipinski definition) is 4. The topological polar surface area (TPSA) is 52.6 Å². The van der Waals surface area contributed by atoms with Gasteiger partial charge in [-0.2, -0.15) is 8.42 Å². The zero-order valence-electron chi connectivity index (χ0n) is 15.4. The van der Waals surface area contributed by atoms with E-state index in [1.165, 1.54) is 12.7 Å². The van der Waals surface area contributed by atoms with Crippen molar-refractivity contribution in [1.29, 1.82) is 0 Å². The molecule has 0 heterocycles. The zero-order chi connectivity index (χ0) is 18.6. The van der Waals surface area contributed by atoms with Gasteiger partial charge in [-0.05, 0) is 55.7 Å². The lowest BCUT2D eigenvalue weighted by molar-refractivity contribution is 0.0132. The molecule has 1 aliphatic rings. The molecule has 0 unspecified atom stereocenters. The normalized spacial score (nSPS) is 20.8. The first-order valence-corrected chi connectivity index (χ1v) is 10.5. The molecule has 0 bridgehead atoms. The largest absolute Gasteiger partial charge is 0.374 e. The Morgan fingerprint density at radius 1 is 1.00 bits per heavy atom. The van der Waals surface area contributed by atoms with Crippen LogP contribution in [0.3, 0.4) is 0 Å². The van der Waals surface area contributed by atoms with Gasteiger partial charge in [0.1, 0.15) is 0 Å². The molecule has 0 radical (unpaired) electrons. The first-order valence-electron chi connectivity index (χ1n) is 9.06.